The first-order valence-electron chi connectivity index (χ1n) is 8.52. The van der Waals surface area contributed by atoms with Crippen LogP contribution < -0.4 is 0 Å². The number of likely N-dealkylation sites (tertiary alicyclic amines) is 1. The number of hydrogen-bond acceptors (Lipinski definition) is 5. The van der Waals surface area contributed by atoms with Gasteiger partial charge < -0.3 is 9.42 Å². The van der Waals surface area contributed by atoms with Gasteiger partial charge in [-0.15, -0.1) is 11.8 Å². The Kier molecular flexibility index (Phi) is 4.75. The van der Waals surface area contributed by atoms with Crippen LogP contribution in [0, 0.1) is 0 Å². The number of nitrogens with zero attached hydrogens (tertiary/aromatic N) is 3. The Bertz CT molecular complexity index is 893. The molecule has 1 saturated heterocycles. The summed E-state index contributed by atoms with van der Waals surface area (Å²) in [5.74, 6) is 1.19. The minimum Gasteiger partial charge on any atom is -0.339 e. The molecule has 5 nitrogen and oxygen atoms in total. The van der Waals surface area contributed by atoms with E-state index in [0.29, 0.717) is 31.2 Å². The highest BCUT2D eigenvalue weighted by atomic mass is 32.2. The van der Waals surface area contributed by atoms with E-state index in [4.69, 9.17) is 4.52 Å². The van der Waals surface area contributed by atoms with Crippen molar-refractivity contribution in [1.82, 2.24) is 15.0 Å². The van der Waals surface area contributed by atoms with Crippen LogP contribution in [0.3, 0.4) is 0 Å². The third kappa shape index (κ3) is 3.51. The molecule has 2 aromatic carbocycles. The van der Waals surface area contributed by atoms with Gasteiger partial charge in [0.05, 0.1) is 5.92 Å². The summed E-state index contributed by atoms with van der Waals surface area (Å²) < 4.78 is 5.44. The molecule has 1 unspecified atom stereocenters. The summed E-state index contributed by atoms with van der Waals surface area (Å²) in [4.78, 5) is 20.0. The standard InChI is InChI=1S/C20H19N3O2S/c1-26-17-9-7-14(8-10-17)12-23-13-16(11-18(23)24)20-21-19(22-25-20)15-5-3-2-4-6-15/h2-10,16H,11-13H2,1H3. The largest absolute Gasteiger partial charge is 0.339 e. The van der Waals surface area contributed by atoms with E-state index >= 15 is 0 Å². The fourth-order valence-corrected chi connectivity index (χ4v) is 3.56. The second kappa shape index (κ2) is 7.33. The third-order valence-electron chi connectivity index (χ3n) is 4.57. The quantitative estimate of drug-likeness (QED) is 0.640. The molecular weight excluding hydrogens is 346 g/mol. The summed E-state index contributed by atoms with van der Waals surface area (Å²) >= 11 is 1.71. The van der Waals surface area contributed by atoms with E-state index in [2.05, 4.69) is 40.7 Å². The van der Waals surface area contributed by atoms with E-state index in [0.717, 1.165) is 11.1 Å². The average Bonchev–Trinajstić information content (AvgIpc) is 3.31. The molecule has 0 N–H and O–H groups in total. The van der Waals surface area contributed by atoms with Crippen LogP contribution in [0.4, 0.5) is 0 Å². The maximum absolute atomic E-state index is 12.4. The summed E-state index contributed by atoms with van der Waals surface area (Å²) in [5.41, 5.74) is 2.05. The van der Waals surface area contributed by atoms with Crippen molar-refractivity contribution in [2.24, 2.45) is 0 Å². The second-order valence-corrected chi connectivity index (χ2v) is 7.23. The SMILES string of the molecule is CSc1ccc(CN2CC(c3nc(-c4ccccc4)no3)CC2=O)cc1. The molecule has 6 heteroatoms. The molecule has 132 valence electrons. The van der Waals surface area contributed by atoms with E-state index in [9.17, 15) is 4.79 Å². The van der Waals surface area contributed by atoms with Crippen molar-refractivity contribution in [2.45, 2.75) is 23.8 Å². The monoisotopic (exact) mass is 365 g/mol. The number of hydrogen-bond donors (Lipinski definition) is 0. The van der Waals surface area contributed by atoms with Crippen LogP contribution in [-0.4, -0.2) is 33.7 Å². The molecule has 1 fully saturated rings. The smallest absolute Gasteiger partial charge is 0.232 e. The molecule has 2 heterocycles. The molecule has 0 spiro atoms. The van der Waals surface area contributed by atoms with Crippen LogP contribution in [0.15, 0.2) is 64.0 Å². The van der Waals surface area contributed by atoms with Gasteiger partial charge in [0.25, 0.3) is 0 Å². The molecule has 0 saturated carbocycles. The zero-order chi connectivity index (χ0) is 17.9. The Morgan fingerprint density at radius 1 is 1.15 bits per heavy atom. The maximum atomic E-state index is 12.4. The van der Waals surface area contributed by atoms with Gasteiger partial charge in [0, 0.05) is 30.0 Å². The summed E-state index contributed by atoms with van der Waals surface area (Å²) in [6.07, 6.45) is 2.47. The predicted octanol–water partition coefficient (Wildman–Crippen LogP) is 3.97. The van der Waals surface area contributed by atoms with Crippen molar-refractivity contribution in [3.63, 3.8) is 0 Å². The molecule has 26 heavy (non-hydrogen) atoms. The predicted molar refractivity (Wildman–Crippen MR) is 101 cm³/mol. The molecule has 0 bridgehead atoms. The zero-order valence-electron chi connectivity index (χ0n) is 14.5. The highest BCUT2D eigenvalue weighted by molar-refractivity contribution is 7.98. The Labute approximate surface area is 156 Å². The number of benzene rings is 2. The fourth-order valence-electron chi connectivity index (χ4n) is 3.15. The van der Waals surface area contributed by atoms with Crippen LogP contribution in [-0.2, 0) is 11.3 Å². The summed E-state index contributed by atoms with van der Waals surface area (Å²) in [5, 5.41) is 4.07. The van der Waals surface area contributed by atoms with Crippen LogP contribution in [0.1, 0.15) is 23.8 Å². The number of amides is 1. The molecule has 3 aromatic rings. The number of rotatable bonds is 5. The zero-order valence-corrected chi connectivity index (χ0v) is 15.3. The highest BCUT2D eigenvalue weighted by Crippen LogP contribution is 2.29. The van der Waals surface area contributed by atoms with E-state index < -0.39 is 0 Å². The first kappa shape index (κ1) is 16.8. The van der Waals surface area contributed by atoms with Crippen molar-refractivity contribution in [3.05, 3.63) is 66.1 Å². The topological polar surface area (TPSA) is 59.2 Å². The van der Waals surface area contributed by atoms with Crippen LogP contribution in [0.2, 0.25) is 0 Å². The van der Waals surface area contributed by atoms with Crippen molar-refractivity contribution >= 4 is 17.7 Å². The van der Waals surface area contributed by atoms with Crippen molar-refractivity contribution in [2.75, 3.05) is 12.8 Å². The number of carbonyl (C=O) groups is 1. The maximum Gasteiger partial charge on any atom is 0.232 e. The van der Waals surface area contributed by atoms with Gasteiger partial charge in [0.2, 0.25) is 17.6 Å². The van der Waals surface area contributed by atoms with Gasteiger partial charge in [0.1, 0.15) is 0 Å². The molecule has 0 aliphatic carbocycles. The molecule has 4 rings (SSSR count). The van der Waals surface area contributed by atoms with Gasteiger partial charge in [-0.1, -0.05) is 47.6 Å². The summed E-state index contributed by atoms with van der Waals surface area (Å²) in [6.45, 7) is 1.23. The highest BCUT2D eigenvalue weighted by Gasteiger charge is 2.34. The van der Waals surface area contributed by atoms with Crippen LogP contribution in [0.25, 0.3) is 11.4 Å². The first-order chi connectivity index (χ1) is 12.7. The molecule has 1 aromatic heterocycles. The van der Waals surface area contributed by atoms with Gasteiger partial charge in [-0.2, -0.15) is 4.98 Å². The Hall–Kier alpha value is -2.60. The number of carbonyl (C=O) groups excluding carboxylic acids is 1. The Morgan fingerprint density at radius 3 is 2.65 bits per heavy atom. The van der Waals surface area contributed by atoms with Crippen molar-refractivity contribution in [1.29, 1.82) is 0 Å². The van der Waals surface area contributed by atoms with E-state index in [1.807, 2.05) is 35.2 Å². The average molecular weight is 365 g/mol. The first-order valence-corrected chi connectivity index (χ1v) is 9.75. The molecule has 1 aliphatic heterocycles. The lowest BCUT2D eigenvalue weighted by Crippen LogP contribution is -2.24. The summed E-state index contributed by atoms with van der Waals surface area (Å²) in [6, 6.07) is 18.0. The van der Waals surface area contributed by atoms with Crippen LogP contribution in [0.5, 0.6) is 0 Å². The van der Waals surface area contributed by atoms with E-state index in [1.165, 1.54) is 4.90 Å². The van der Waals surface area contributed by atoms with Gasteiger partial charge >= 0.3 is 0 Å². The van der Waals surface area contributed by atoms with Gasteiger partial charge in [0.15, 0.2) is 0 Å². The Balaban J connectivity index is 1.45. The lowest BCUT2D eigenvalue weighted by molar-refractivity contribution is -0.128. The van der Waals surface area contributed by atoms with Crippen molar-refractivity contribution < 1.29 is 9.32 Å². The van der Waals surface area contributed by atoms with Gasteiger partial charge in [-0.3, -0.25) is 4.79 Å². The molecular formula is C20H19N3O2S. The third-order valence-corrected chi connectivity index (χ3v) is 5.31. The molecule has 0 radical (unpaired) electrons. The minimum absolute atomic E-state index is 0.0436. The normalized spacial score (nSPS) is 17.0. The molecule has 1 aliphatic rings. The number of thioether (sulfide) groups is 1. The fraction of sp³-hybridized carbons (Fsp3) is 0.250. The van der Waals surface area contributed by atoms with Gasteiger partial charge in [-0.05, 0) is 24.0 Å². The Morgan fingerprint density at radius 2 is 1.92 bits per heavy atom. The second-order valence-electron chi connectivity index (χ2n) is 6.35. The van der Waals surface area contributed by atoms with Crippen molar-refractivity contribution in [3.8, 4) is 11.4 Å². The molecule has 1 amide bonds. The number of aromatic nitrogens is 2. The lowest BCUT2D eigenvalue weighted by atomic mass is 10.1. The van der Waals surface area contributed by atoms with E-state index in [1.54, 1.807) is 11.8 Å². The molecule has 1 atom stereocenters. The summed E-state index contributed by atoms with van der Waals surface area (Å²) in [7, 11) is 0. The minimum atomic E-state index is -0.0436. The van der Waals surface area contributed by atoms with Crippen LogP contribution >= 0.6 is 11.8 Å². The lowest BCUT2D eigenvalue weighted by Gasteiger charge is -2.16. The van der Waals surface area contributed by atoms with E-state index in [-0.39, 0.29) is 11.8 Å². The van der Waals surface area contributed by atoms with Gasteiger partial charge in [-0.25, -0.2) is 0 Å².